The lowest BCUT2D eigenvalue weighted by atomic mass is 9.74. The van der Waals surface area contributed by atoms with Crippen molar-refractivity contribution >= 4 is 5.78 Å². The van der Waals surface area contributed by atoms with Gasteiger partial charge in [0.15, 0.2) is 5.78 Å². The molecule has 3 rings (SSSR count). The third kappa shape index (κ3) is 2.05. The van der Waals surface area contributed by atoms with Crippen LogP contribution < -0.4 is 0 Å². The summed E-state index contributed by atoms with van der Waals surface area (Å²) in [5.41, 5.74) is -1.93. The van der Waals surface area contributed by atoms with E-state index in [1.54, 1.807) is 13.8 Å². The van der Waals surface area contributed by atoms with Gasteiger partial charge >= 0.3 is 0 Å². The molecule has 3 aliphatic rings. The molecule has 1 saturated carbocycles. The molecule has 2 aliphatic carbocycles. The highest BCUT2D eigenvalue weighted by molar-refractivity contribution is 5.98. The summed E-state index contributed by atoms with van der Waals surface area (Å²) in [6.45, 7) is 7.08. The monoisotopic (exact) mass is 296 g/mol. The molecule has 118 valence electrons. The van der Waals surface area contributed by atoms with E-state index in [-0.39, 0.29) is 24.5 Å². The average molecular weight is 296 g/mol. The van der Waals surface area contributed by atoms with Gasteiger partial charge in [-0.3, -0.25) is 4.79 Å². The topological polar surface area (TPSA) is 87.0 Å². The Hall–Kier alpha value is -0.910. The summed E-state index contributed by atoms with van der Waals surface area (Å²) in [6.07, 6.45) is -1.06. The van der Waals surface area contributed by atoms with E-state index in [2.05, 4.69) is 0 Å². The second kappa shape index (κ2) is 4.09. The van der Waals surface area contributed by atoms with Gasteiger partial charge in [-0.25, -0.2) is 0 Å². The number of ketones is 1. The Morgan fingerprint density at radius 2 is 1.90 bits per heavy atom. The van der Waals surface area contributed by atoms with E-state index < -0.39 is 28.8 Å². The SMILES string of the molecule is CC1(C)CC(=O)C2=C(O1)[C@]1(C[C@@H]1C(C)(C)O)[C@@H](O)[C@@H](O)C2. The number of rotatable bonds is 1. The van der Waals surface area contributed by atoms with Crippen LogP contribution >= 0.6 is 0 Å². The van der Waals surface area contributed by atoms with Crippen LogP contribution in [0.3, 0.4) is 0 Å². The van der Waals surface area contributed by atoms with Gasteiger partial charge in [-0.1, -0.05) is 0 Å². The maximum absolute atomic E-state index is 12.4. The maximum atomic E-state index is 12.4. The molecule has 1 spiro atoms. The number of ether oxygens (including phenoxy) is 1. The first kappa shape index (κ1) is 15.0. The Kier molecular flexibility index (Phi) is 2.92. The van der Waals surface area contributed by atoms with Crippen molar-refractivity contribution in [3.63, 3.8) is 0 Å². The van der Waals surface area contributed by atoms with Gasteiger partial charge in [0.1, 0.15) is 11.4 Å². The molecule has 0 saturated heterocycles. The Morgan fingerprint density at radius 3 is 2.43 bits per heavy atom. The van der Waals surface area contributed by atoms with Gasteiger partial charge in [0.05, 0.1) is 29.6 Å². The third-order valence-corrected chi connectivity index (χ3v) is 5.16. The molecular weight excluding hydrogens is 272 g/mol. The fourth-order valence-corrected chi connectivity index (χ4v) is 4.11. The van der Waals surface area contributed by atoms with Crippen molar-refractivity contribution in [3.05, 3.63) is 11.3 Å². The fourth-order valence-electron chi connectivity index (χ4n) is 4.11. The third-order valence-electron chi connectivity index (χ3n) is 5.16. The molecule has 0 bridgehead atoms. The van der Waals surface area contributed by atoms with Crippen LogP contribution in [0.1, 0.15) is 47.0 Å². The second-order valence-electron chi connectivity index (χ2n) is 7.94. The number of Topliss-reactive ketones (excluding diaryl/α,β-unsaturated/α-hetero) is 1. The van der Waals surface area contributed by atoms with Gasteiger partial charge in [-0.05, 0) is 34.1 Å². The van der Waals surface area contributed by atoms with Crippen molar-refractivity contribution in [1.82, 2.24) is 0 Å². The maximum Gasteiger partial charge on any atom is 0.166 e. The van der Waals surface area contributed by atoms with Gasteiger partial charge in [-0.2, -0.15) is 0 Å². The molecule has 1 heterocycles. The zero-order valence-electron chi connectivity index (χ0n) is 13.0. The standard InChI is InChI=1S/C16H24O5/c1-14(2)6-10(18)8-5-9(17)12(19)16(13(8)21-14)7-11(16)15(3,4)20/h9,11-12,17,19-20H,5-7H2,1-4H3/t9-,11+,12-,16-/m0/s1. The number of aliphatic hydroxyl groups excluding tert-OH is 2. The van der Waals surface area contributed by atoms with E-state index in [0.29, 0.717) is 17.8 Å². The highest BCUT2D eigenvalue weighted by atomic mass is 16.5. The first-order valence-corrected chi connectivity index (χ1v) is 7.53. The number of carbonyl (C=O) groups excluding carboxylic acids is 1. The van der Waals surface area contributed by atoms with Crippen molar-refractivity contribution in [2.24, 2.45) is 11.3 Å². The number of hydrogen-bond donors (Lipinski definition) is 3. The molecule has 5 heteroatoms. The lowest BCUT2D eigenvalue weighted by Gasteiger charge is -2.44. The zero-order chi connectivity index (χ0) is 15.8. The number of carbonyl (C=O) groups is 1. The van der Waals surface area contributed by atoms with Crippen LogP contribution in [0.15, 0.2) is 11.3 Å². The van der Waals surface area contributed by atoms with E-state index >= 15 is 0 Å². The number of fused-ring (bicyclic) bond motifs is 1. The quantitative estimate of drug-likeness (QED) is 0.669. The molecule has 3 N–H and O–H groups in total. The van der Waals surface area contributed by atoms with Crippen molar-refractivity contribution in [2.45, 2.75) is 70.4 Å². The van der Waals surface area contributed by atoms with Crippen molar-refractivity contribution in [1.29, 1.82) is 0 Å². The fraction of sp³-hybridized carbons (Fsp3) is 0.812. The van der Waals surface area contributed by atoms with Crippen LogP contribution in [0, 0.1) is 11.3 Å². The molecule has 0 aromatic carbocycles. The highest BCUT2D eigenvalue weighted by Gasteiger charge is 2.71. The Bertz CT molecular complexity index is 527. The summed E-state index contributed by atoms with van der Waals surface area (Å²) in [4.78, 5) is 12.4. The molecule has 0 aromatic heterocycles. The molecule has 5 nitrogen and oxygen atoms in total. The number of aliphatic hydroxyl groups is 3. The van der Waals surface area contributed by atoms with Crippen molar-refractivity contribution in [2.75, 3.05) is 0 Å². The van der Waals surface area contributed by atoms with Crippen LogP contribution in [-0.2, 0) is 9.53 Å². The van der Waals surface area contributed by atoms with Gasteiger partial charge < -0.3 is 20.1 Å². The summed E-state index contributed by atoms with van der Waals surface area (Å²) in [7, 11) is 0. The number of hydrogen-bond acceptors (Lipinski definition) is 5. The van der Waals surface area contributed by atoms with Crippen LogP contribution in [0.5, 0.6) is 0 Å². The molecule has 0 unspecified atom stereocenters. The zero-order valence-corrected chi connectivity index (χ0v) is 13.0. The van der Waals surface area contributed by atoms with Gasteiger partial charge in [0, 0.05) is 17.9 Å². The van der Waals surface area contributed by atoms with E-state index in [9.17, 15) is 20.1 Å². The van der Waals surface area contributed by atoms with Gasteiger partial charge in [0.25, 0.3) is 0 Å². The van der Waals surface area contributed by atoms with Crippen LogP contribution in [0.4, 0.5) is 0 Å². The summed E-state index contributed by atoms with van der Waals surface area (Å²) in [6, 6.07) is 0. The molecule has 1 aliphatic heterocycles. The normalized spacial score (nSPS) is 41.9. The van der Waals surface area contributed by atoms with Gasteiger partial charge in [-0.15, -0.1) is 0 Å². The van der Waals surface area contributed by atoms with E-state index in [4.69, 9.17) is 4.74 Å². The van der Waals surface area contributed by atoms with Gasteiger partial charge in [0.2, 0.25) is 0 Å². The Morgan fingerprint density at radius 1 is 1.29 bits per heavy atom. The molecule has 0 aromatic rings. The van der Waals surface area contributed by atoms with E-state index in [0.717, 1.165) is 0 Å². The van der Waals surface area contributed by atoms with E-state index in [1.165, 1.54) is 0 Å². The average Bonchev–Trinajstić information content (AvgIpc) is 3.05. The minimum absolute atomic E-state index is 0.0204. The molecule has 0 amide bonds. The predicted octanol–water partition coefficient (Wildman–Crippen LogP) is 0.911. The lowest BCUT2D eigenvalue weighted by Crippen LogP contribution is -2.49. The smallest absolute Gasteiger partial charge is 0.166 e. The summed E-state index contributed by atoms with van der Waals surface area (Å²) in [5, 5.41) is 31.0. The van der Waals surface area contributed by atoms with Crippen molar-refractivity contribution in [3.8, 4) is 0 Å². The molecular formula is C16H24O5. The Labute approximate surface area is 124 Å². The van der Waals surface area contributed by atoms with Crippen LogP contribution in [0.2, 0.25) is 0 Å². The highest BCUT2D eigenvalue weighted by Crippen LogP contribution is 2.68. The first-order valence-electron chi connectivity index (χ1n) is 7.53. The summed E-state index contributed by atoms with van der Waals surface area (Å²) < 4.78 is 6.05. The Balaban J connectivity index is 2.10. The molecule has 4 atom stereocenters. The summed E-state index contributed by atoms with van der Waals surface area (Å²) in [5.74, 6) is 0.267. The molecule has 21 heavy (non-hydrogen) atoms. The minimum Gasteiger partial charge on any atom is -0.491 e. The molecule has 0 radical (unpaired) electrons. The first-order chi connectivity index (χ1) is 9.49. The second-order valence-corrected chi connectivity index (χ2v) is 7.94. The van der Waals surface area contributed by atoms with E-state index in [1.807, 2.05) is 13.8 Å². The largest absolute Gasteiger partial charge is 0.491 e. The minimum atomic E-state index is -1.01. The summed E-state index contributed by atoms with van der Waals surface area (Å²) >= 11 is 0. The van der Waals surface area contributed by atoms with Crippen LogP contribution in [-0.4, -0.2) is 44.5 Å². The lowest BCUT2D eigenvalue weighted by molar-refractivity contribution is -0.133. The van der Waals surface area contributed by atoms with Crippen molar-refractivity contribution < 1.29 is 24.9 Å². The van der Waals surface area contributed by atoms with Crippen LogP contribution in [0.25, 0.3) is 0 Å². The molecule has 1 fully saturated rings. The predicted molar refractivity (Wildman–Crippen MR) is 75.3 cm³/mol.